The molecular weight excluding hydrogens is 454 g/mol. The average Bonchev–Trinajstić information content (AvgIpc) is 3.60. The zero-order valence-electron chi connectivity index (χ0n) is 17.5. The molecule has 0 atom stereocenters. The monoisotopic (exact) mass is 471 g/mol. The first-order valence-electron chi connectivity index (χ1n) is 10.2. The van der Waals surface area contributed by atoms with Crippen molar-refractivity contribution in [2.45, 2.75) is 13.0 Å². The quantitative estimate of drug-likeness (QED) is 0.409. The lowest BCUT2D eigenvalue weighted by Gasteiger charge is -2.07. The molecule has 2 aromatic carbocycles. The van der Waals surface area contributed by atoms with Crippen molar-refractivity contribution in [3.8, 4) is 22.7 Å². The number of benzene rings is 2. The minimum Gasteiger partial charge on any atom is -0.415 e. The van der Waals surface area contributed by atoms with Crippen LogP contribution in [-0.4, -0.2) is 38.8 Å². The van der Waals surface area contributed by atoms with Gasteiger partial charge < -0.3 is 19.6 Å². The van der Waals surface area contributed by atoms with Gasteiger partial charge in [-0.25, -0.2) is 13.8 Å². The number of guanidine groups is 1. The highest BCUT2D eigenvalue weighted by Crippen LogP contribution is 2.28. The molecule has 1 aliphatic rings. The van der Waals surface area contributed by atoms with Crippen LogP contribution in [0.2, 0.25) is 0 Å². The molecule has 0 unspecified atom stereocenters. The maximum Gasteiger partial charge on any atom is 0.314 e. The number of aromatic nitrogens is 4. The SMILES string of the molecule is Fc1c(Cn2cnc(-c3ccc(NC4=NCCN4)cc3)c2)ccc(-c2nnc(C(F)F)o2)c1F. The number of hydrogen-bond acceptors (Lipinski definition) is 7. The predicted octanol–water partition coefficient (Wildman–Crippen LogP) is 4.24. The van der Waals surface area contributed by atoms with E-state index in [0.29, 0.717) is 5.69 Å². The van der Waals surface area contributed by atoms with E-state index in [4.69, 9.17) is 4.42 Å². The zero-order valence-corrected chi connectivity index (χ0v) is 17.5. The Morgan fingerprint density at radius 1 is 1.06 bits per heavy atom. The molecule has 0 bridgehead atoms. The van der Waals surface area contributed by atoms with Gasteiger partial charge in [-0.05, 0) is 18.2 Å². The minimum absolute atomic E-state index is 0.00723. The highest BCUT2D eigenvalue weighted by molar-refractivity contribution is 5.94. The van der Waals surface area contributed by atoms with E-state index in [-0.39, 0.29) is 17.7 Å². The molecular formula is C22H17F4N7O. The highest BCUT2D eigenvalue weighted by atomic mass is 19.3. The molecule has 12 heteroatoms. The molecule has 0 saturated heterocycles. The van der Waals surface area contributed by atoms with Crippen molar-refractivity contribution < 1.29 is 22.0 Å². The summed E-state index contributed by atoms with van der Waals surface area (Å²) in [4.78, 5) is 8.62. The minimum atomic E-state index is -3.00. The van der Waals surface area contributed by atoms with Crippen LogP contribution in [0.25, 0.3) is 22.7 Å². The Bertz CT molecular complexity index is 1350. The first kappa shape index (κ1) is 21.6. The van der Waals surface area contributed by atoms with E-state index in [0.717, 1.165) is 30.3 Å². The van der Waals surface area contributed by atoms with E-state index in [1.165, 1.54) is 18.5 Å². The van der Waals surface area contributed by atoms with Gasteiger partial charge in [-0.15, -0.1) is 10.2 Å². The second kappa shape index (κ2) is 8.96. The Morgan fingerprint density at radius 3 is 2.59 bits per heavy atom. The topological polar surface area (TPSA) is 93.2 Å². The van der Waals surface area contributed by atoms with Crippen LogP contribution in [0, 0.1) is 11.6 Å². The molecule has 0 aliphatic carbocycles. The largest absolute Gasteiger partial charge is 0.415 e. The van der Waals surface area contributed by atoms with Crippen LogP contribution in [0.5, 0.6) is 0 Å². The summed E-state index contributed by atoms with van der Waals surface area (Å²) in [6.07, 6.45) is 0.218. The molecule has 3 heterocycles. The number of hydrogen-bond donors (Lipinski definition) is 2. The fraction of sp³-hybridized carbons (Fsp3) is 0.182. The number of aliphatic imine (C=N–C) groups is 1. The third kappa shape index (κ3) is 4.34. The Labute approximate surface area is 190 Å². The van der Waals surface area contributed by atoms with Crippen molar-refractivity contribution in [3.63, 3.8) is 0 Å². The first-order chi connectivity index (χ1) is 16.5. The normalized spacial score (nSPS) is 13.3. The van der Waals surface area contributed by atoms with Crippen LogP contribution in [0.15, 0.2) is 58.3 Å². The summed E-state index contributed by atoms with van der Waals surface area (Å²) in [6, 6.07) is 10.1. The standard InChI is InChI=1S/C22H17F4N7O/c23-17-13(3-6-15(18(17)24)20-31-32-21(34-20)19(25)26)9-33-10-16(29-11-33)12-1-4-14(5-2-12)30-22-27-7-8-28-22/h1-6,10-11,19H,7-9H2,(H2,27,28,30). The molecule has 0 radical (unpaired) electrons. The fourth-order valence-corrected chi connectivity index (χ4v) is 3.44. The average molecular weight is 471 g/mol. The van der Waals surface area contributed by atoms with Crippen molar-refractivity contribution in [1.29, 1.82) is 0 Å². The van der Waals surface area contributed by atoms with Gasteiger partial charge in [0, 0.05) is 29.6 Å². The molecule has 5 rings (SSSR count). The van der Waals surface area contributed by atoms with E-state index in [1.807, 2.05) is 24.3 Å². The molecule has 0 spiro atoms. The molecule has 0 saturated carbocycles. The number of halogens is 4. The number of anilines is 1. The number of rotatable bonds is 6. The maximum absolute atomic E-state index is 14.7. The van der Waals surface area contributed by atoms with Crippen LogP contribution >= 0.6 is 0 Å². The van der Waals surface area contributed by atoms with E-state index >= 15 is 0 Å². The number of nitrogens with one attached hydrogen (secondary N) is 2. The Hall–Kier alpha value is -4.22. The molecule has 8 nitrogen and oxygen atoms in total. The van der Waals surface area contributed by atoms with Crippen molar-refractivity contribution in [2.75, 3.05) is 18.4 Å². The third-order valence-electron chi connectivity index (χ3n) is 5.12. The lowest BCUT2D eigenvalue weighted by molar-refractivity contribution is 0.116. The van der Waals surface area contributed by atoms with E-state index in [9.17, 15) is 17.6 Å². The van der Waals surface area contributed by atoms with E-state index in [2.05, 4.69) is 30.8 Å². The fourth-order valence-electron chi connectivity index (χ4n) is 3.44. The molecule has 174 valence electrons. The molecule has 2 N–H and O–H groups in total. The van der Waals surface area contributed by atoms with Crippen LogP contribution in [0.1, 0.15) is 17.9 Å². The highest BCUT2D eigenvalue weighted by Gasteiger charge is 2.22. The Kier molecular flexibility index (Phi) is 5.70. The molecule has 2 aromatic heterocycles. The summed E-state index contributed by atoms with van der Waals surface area (Å²) in [5, 5.41) is 12.8. The molecule has 0 fully saturated rings. The summed E-state index contributed by atoms with van der Waals surface area (Å²) >= 11 is 0. The number of alkyl halides is 2. The van der Waals surface area contributed by atoms with Crippen LogP contribution in [0.4, 0.5) is 23.2 Å². The summed E-state index contributed by atoms with van der Waals surface area (Å²) in [5.74, 6) is -3.14. The summed E-state index contributed by atoms with van der Waals surface area (Å²) < 4.78 is 60.8. The van der Waals surface area contributed by atoms with Gasteiger partial charge in [0.15, 0.2) is 17.6 Å². The van der Waals surface area contributed by atoms with Crippen molar-refractivity contribution >= 4 is 11.6 Å². The van der Waals surface area contributed by atoms with Gasteiger partial charge in [-0.2, -0.15) is 8.78 Å². The van der Waals surface area contributed by atoms with Crippen LogP contribution in [-0.2, 0) is 6.54 Å². The number of imidazole rings is 1. The van der Waals surface area contributed by atoms with E-state index < -0.39 is 29.8 Å². The van der Waals surface area contributed by atoms with Crippen molar-refractivity contribution in [1.82, 2.24) is 25.1 Å². The molecule has 34 heavy (non-hydrogen) atoms. The van der Waals surface area contributed by atoms with Gasteiger partial charge in [0.25, 0.3) is 11.8 Å². The molecule has 4 aromatic rings. The van der Waals surface area contributed by atoms with Crippen LogP contribution < -0.4 is 10.6 Å². The van der Waals surface area contributed by atoms with Gasteiger partial charge in [-0.1, -0.05) is 18.2 Å². The Balaban J connectivity index is 1.30. The second-order valence-electron chi connectivity index (χ2n) is 7.44. The molecule has 0 amide bonds. The summed E-state index contributed by atoms with van der Waals surface area (Å²) in [5.41, 5.74) is 2.03. The van der Waals surface area contributed by atoms with Gasteiger partial charge in [0.1, 0.15) is 0 Å². The van der Waals surface area contributed by atoms with Gasteiger partial charge in [0.2, 0.25) is 0 Å². The van der Waals surface area contributed by atoms with Crippen molar-refractivity contribution in [2.24, 2.45) is 4.99 Å². The first-order valence-corrected chi connectivity index (χ1v) is 10.2. The third-order valence-corrected chi connectivity index (χ3v) is 5.12. The molecule has 1 aliphatic heterocycles. The maximum atomic E-state index is 14.7. The smallest absolute Gasteiger partial charge is 0.314 e. The predicted molar refractivity (Wildman–Crippen MR) is 115 cm³/mol. The summed E-state index contributed by atoms with van der Waals surface area (Å²) in [6.45, 7) is 1.55. The van der Waals surface area contributed by atoms with Crippen molar-refractivity contribution in [3.05, 3.63) is 72.0 Å². The lowest BCUT2D eigenvalue weighted by atomic mass is 10.1. The van der Waals surface area contributed by atoms with E-state index in [1.54, 1.807) is 10.8 Å². The summed E-state index contributed by atoms with van der Waals surface area (Å²) in [7, 11) is 0. The lowest BCUT2D eigenvalue weighted by Crippen LogP contribution is -2.26. The second-order valence-corrected chi connectivity index (χ2v) is 7.44. The van der Waals surface area contributed by atoms with Gasteiger partial charge in [-0.3, -0.25) is 4.99 Å². The van der Waals surface area contributed by atoms with Crippen LogP contribution in [0.3, 0.4) is 0 Å². The Morgan fingerprint density at radius 2 is 1.88 bits per heavy atom. The van der Waals surface area contributed by atoms with Gasteiger partial charge in [0.05, 0.1) is 30.7 Å². The number of nitrogens with zero attached hydrogens (tertiary/aromatic N) is 5. The van der Waals surface area contributed by atoms with Gasteiger partial charge >= 0.3 is 6.43 Å². The zero-order chi connectivity index (χ0) is 23.7.